The molecule has 9 aliphatic carbocycles. The van der Waals surface area contributed by atoms with E-state index in [4.69, 9.17) is 28.4 Å². The molecule has 4 bridgehead atoms. The summed E-state index contributed by atoms with van der Waals surface area (Å²) in [5.41, 5.74) is -2.54. The van der Waals surface area contributed by atoms with Gasteiger partial charge in [0.25, 0.3) is 0 Å². The predicted molar refractivity (Wildman–Crippen MR) is 363 cm³/mol. The van der Waals surface area contributed by atoms with Gasteiger partial charge in [-0.1, -0.05) is 73.8 Å². The molecule has 0 aromatic heterocycles. The molecule has 8 saturated carbocycles. The van der Waals surface area contributed by atoms with Crippen LogP contribution >= 0.6 is 0 Å². The summed E-state index contributed by atoms with van der Waals surface area (Å²) < 4.78 is 34.8. The molecule has 1 atom stereocenters. The zero-order chi connectivity index (χ0) is 66.8. The quantitative estimate of drug-likeness (QED) is 0.0395. The summed E-state index contributed by atoms with van der Waals surface area (Å²) in [5.74, 6) is 3.22. The van der Waals surface area contributed by atoms with Gasteiger partial charge in [0.1, 0.15) is 28.0 Å². The number of hydrogen-bond acceptors (Lipinski definition) is 11. The van der Waals surface area contributed by atoms with Crippen molar-refractivity contribution < 1.29 is 52.4 Å². The van der Waals surface area contributed by atoms with E-state index in [2.05, 4.69) is 53.7 Å². The fraction of sp³-hybridized carbons (Fsp3) is 0.910. The van der Waals surface area contributed by atoms with Crippen molar-refractivity contribution in [3.05, 3.63) is 12.2 Å². The van der Waals surface area contributed by atoms with Crippen LogP contribution in [0.4, 0.5) is 0 Å². The number of carbonyl (C=O) groups is 5. The van der Waals surface area contributed by atoms with Crippen molar-refractivity contribution in [1.82, 2.24) is 0 Å². The van der Waals surface area contributed by atoms with Crippen molar-refractivity contribution in [1.29, 1.82) is 0 Å². The van der Waals surface area contributed by atoms with Gasteiger partial charge in [0.15, 0.2) is 0 Å². The maximum absolute atomic E-state index is 12.6. The number of allylic oxidation sites excluding steroid dienone is 1. The summed E-state index contributed by atoms with van der Waals surface area (Å²) in [4.78, 5) is 61.3. The van der Waals surface area contributed by atoms with Gasteiger partial charge >= 0.3 is 29.8 Å². The first kappa shape index (κ1) is 78.5. The lowest BCUT2D eigenvalue weighted by Gasteiger charge is -2.61. The Bertz CT molecular complexity index is 2190. The first-order chi connectivity index (χ1) is 41.5. The van der Waals surface area contributed by atoms with E-state index < -0.39 is 0 Å². The zero-order valence-electron chi connectivity index (χ0n) is 61.4. The maximum Gasteiger partial charge on any atom is 0.312 e. The highest BCUT2D eigenvalue weighted by Crippen LogP contribution is 2.64. The van der Waals surface area contributed by atoms with Gasteiger partial charge in [-0.2, -0.15) is 0 Å². The lowest BCUT2D eigenvalue weighted by molar-refractivity contribution is -0.206. The van der Waals surface area contributed by atoms with Gasteiger partial charge in [-0.15, -0.1) is 0 Å². The molecule has 516 valence electrons. The minimum atomic E-state index is -0.362. The molecule has 0 N–H and O–H groups in total. The highest BCUT2D eigenvalue weighted by molar-refractivity contribution is 5.78. The molecule has 0 amide bonds. The van der Waals surface area contributed by atoms with Crippen molar-refractivity contribution in [3.63, 3.8) is 0 Å². The highest BCUT2D eigenvalue weighted by Gasteiger charge is 2.59. The second kappa shape index (κ2) is 33.4. The average Bonchev–Trinajstić information content (AvgIpc) is 2.74. The van der Waals surface area contributed by atoms with E-state index in [1.54, 1.807) is 7.11 Å². The summed E-state index contributed by atoms with van der Waals surface area (Å²) >= 11 is 0. The maximum atomic E-state index is 12.6. The molecule has 0 saturated heterocycles. The summed E-state index contributed by atoms with van der Waals surface area (Å²) in [6, 6.07) is 0. The molecule has 89 heavy (non-hydrogen) atoms. The lowest BCUT2D eigenvalue weighted by Crippen LogP contribution is -2.58. The Labute approximate surface area is 546 Å². The molecule has 11 heteroatoms. The van der Waals surface area contributed by atoms with Gasteiger partial charge in [0.05, 0.1) is 27.1 Å². The monoisotopic (exact) mass is 1250 g/mol. The fourth-order valence-corrected chi connectivity index (χ4v) is 15.4. The van der Waals surface area contributed by atoms with Gasteiger partial charge in [0.2, 0.25) is 0 Å². The van der Waals surface area contributed by atoms with Gasteiger partial charge < -0.3 is 28.4 Å². The first-order valence-corrected chi connectivity index (χ1v) is 36.9. The van der Waals surface area contributed by atoms with Crippen molar-refractivity contribution in [2.24, 2.45) is 56.2 Å². The summed E-state index contributed by atoms with van der Waals surface area (Å²) in [6.45, 7) is 39.4. The van der Waals surface area contributed by atoms with Crippen LogP contribution in [0.25, 0.3) is 0 Å². The second-order valence-corrected chi connectivity index (χ2v) is 33.4. The average molecular weight is 1250 g/mol. The Balaban J connectivity index is 0.000000239. The number of ether oxygens (including phenoxy) is 6. The van der Waals surface area contributed by atoms with Crippen molar-refractivity contribution >= 4 is 29.8 Å². The van der Waals surface area contributed by atoms with Gasteiger partial charge in [0, 0.05) is 19.1 Å². The van der Waals surface area contributed by atoms with Crippen LogP contribution in [0.3, 0.4) is 0 Å². The lowest BCUT2D eigenvalue weighted by atomic mass is 9.46. The molecule has 11 nitrogen and oxygen atoms in total. The molecule has 8 fully saturated rings. The predicted octanol–water partition coefficient (Wildman–Crippen LogP) is 21.1. The minimum Gasteiger partial charge on any atom is -0.459 e. The summed E-state index contributed by atoms with van der Waals surface area (Å²) in [6.07, 6.45) is 43.5. The molecular weight excluding hydrogens is 1110 g/mol. The Morgan fingerprint density at radius 3 is 1.22 bits per heavy atom. The molecular formula is C78H138O11. The van der Waals surface area contributed by atoms with E-state index >= 15 is 0 Å². The van der Waals surface area contributed by atoms with E-state index in [1.807, 2.05) is 90.0 Å². The number of methoxy groups -OCH3 is 1. The van der Waals surface area contributed by atoms with Crippen LogP contribution in [0.2, 0.25) is 0 Å². The number of unbranched alkanes of at least 4 members (excludes halogenated alkanes) is 1. The van der Waals surface area contributed by atoms with E-state index in [9.17, 15) is 24.0 Å². The Kier molecular flexibility index (Phi) is 29.5. The largest absolute Gasteiger partial charge is 0.459 e. The van der Waals surface area contributed by atoms with Crippen LogP contribution in [0, 0.1) is 56.2 Å². The topological polar surface area (TPSA) is 141 Å². The SMILES string of the molecule is CCC(C)(C)C(=O)OC(C)(C)C12CC3CC(CC(C3)C1)C2.CCC(C)(C)C(=O)OC1(C2CCCCC2)CCCC1.CCC(C)(C)C(=O)OC1(CCCCOC)CCCC1.CCC1(OC(=O)C(C)(C)CC)C=CCC1.CCC1(OC(=O)C(C)(C)CC)CCCC1. The number of hydrogen-bond donors (Lipinski definition) is 0. The molecule has 9 aliphatic rings. The summed E-state index contributed by atoms with van der Waals surface area (Å²) in [7, 11) is 1.73. The van der Waals surface area contributed by atoms with Crippen molar-refractivity contribution in [3.8, 4) is 0 Å². The third-order valence-electron chi connectivity index (χ3n) is 24.5. The standard InChI is InChI=1S/C19H32O2.C17H30O2.C16H30O3.C13H24O2.C13H22O2/c1-6-17(2,3)16(20)21-18(4,5)19-10-13-7-14(11-19)9-15(8-13)12-19;1-4-16(2,3)15(18)19-17(12-8-9-13-17)14-10-6-5-7-11-14;1-5-15(2,3)14(17)19-16(10-6-7-11-16)12-8-9-13-18-4;2*1-5-12(3,4)11(14)15-13(6-2)9-7-8-10-13/h13-15H,6-12H2,1-5H3;14H,4-13H2,1-3H3;5-13H2,1-4H3;5-10H2,1-4H3;7,9H,5-6,8,10H2,1-4H3. The molecule has 0 aromatic rings. The van der Waals surface area contributed by atoms with Crippen LogP contribution in [-0.4, -0.2) is 71.6 Å². The minimum absolute atomic E-state index is 0.00857. The molecule has 0 spiro atoms. The number of carbonyl (C=O) groups excluding carboxylic acids is 5. The Morgan fingerprint density at radius 1 is 0.438 bits per heavy atom. The molecule has 0 aliphatic heterocycles. The van der Waals surface area contributed by atoms with Crippen LogP contribution in [0.5, 0.6) is 0 Å². The van der Waals surface area contributed by atoms with Crippen molar-refractivity contribution in [2.75, 3.05) is 13.7 Å². The van der Waals surface area contributed by atoms with Crippen molar-refractivity contribution in [2.45, 2.75) is 384 Å². The molecule has 9 rings (SSSR count). The van der Waals surface area contributed by atoms with E-state index in [0.29, 0.717) is 5.92 Å². The molecule has 0 radical (unpaired) electrons. The Morgan fingerprint density at radius 2 is 0.831 bits per heavy atom. The number of esters is 5. The zero-order valence-corrected chi connectivity index (χ0v) is 61.4. The van der Waals surface area contributed by atoms with Crippen LogP contribution in [0.1, 0.15) is 356 Å². The number of rotatable bonds is 24. The van der Waals surface area contributed by atoms with E-state index in [1.165, 1.54) is 109 Å². The smallest absolute Gasteiger partial charge is 0.312 e. The van der Waals surface area contributed by atoms with E-state index in [0.717, 1.165) is 140 Å². The molecule has 0 aromatic carbocycles. The van der Waals surface area contributed by atoms with Crippen LogP contribution in [0.15, 0.2) is 12.2 Å². The third-order valence-corrected chi connectivity index (χ3v) is 24.5. The third kappa shape index (κ3) is 21.3. The Hall–Kier alpha value is -2.95. The van der Waals surface area contributed by atoms with Gasteiger partial charge in [-0.3, -0.25) is 24.0 Å². The second-order valence-electron chi connectivity index (χ2n) is 33.4. The fourth-order valence-electron chi connectivity index (χ4n) is 15.4. The van der Waals surface area contributed by atoms with Gasteiger partial charge in [-0.25, -0.2) is 0 Å². The van der Waals surface area contributed by atoms with Crippen LogP contribution in [-0.2, 0) is 52.4 Å². The first-order valence-electron chi connectivity index (χ1n) is 36.9. The van der Waals surface area contributed by atoms with Crippen LogP contribution < -0.4 is 0 Å². The highest BCUT2D eigenvalue weighted by atomic mass is 16.6. The van der Waals surface area contributed by atoms with Gasteiger partial charge in [-0.05, 0) is 318 Å². The normalized spacial score (nSPS) is 26.0. The molecule has 1 unspecified atom stereocenters. The summed E-state index contributed by atoms with van der Waals surface area (Å²) in [5, 5.41) is 0. The van der Waals surface area contributed by atoms with E-state index in [-0.39, 0.29) is 90.3 Å². The molecule has 0 heterocycles.